The van der Waals surface area contributed by atoms with E-state index in [1.165, 1.54) is 11.1 Å². The van der Waals surface area contributed by atoms with Crippen LogP contribution in [-0.2, 0) is 41.1 Å². The van der Waals surface area contributed by atoms with Gasteiger partial charge in [0.05, 0.1) is 19.3 Å². The number of ether oxygens (including phenoxy) is 1. The normalized spacial score (nSPS) is 17.2. The lowest BCUT2D eigenvalue weighted by Crippen LogP contribution is -2.44. The van der Waals surface area contributed by atoms with E-state index in [0.717, 1.165) is 40.7 Å². The highest BCUT2D eigenvalue weighted by molar-refractivity contribution is 6.04. The van der Waals surface area contributed by atoms with Crippen molar-refractivity contribution in [2.75, 3.05) is 6.61 Å². The van der Waals surface area contributed by atoms with Gasteiger partial charge in [-0.3, -0.25) is 0 Å². The zero-order valence-electron chi connectivity index (χ0n) is 25.6. The number of aliphatic hydroxyl groups is 1. The van der Waals surface area contributed by atoms with Gasteiger partial charge in [0.25, 0.3) is 0 Å². The summed E-state index contributed by atoms with van der Waals surface area (Å²) in [6.45, 7) is 2.57. The van der Waals surface area contributed by atoms with E-state index in [1.54, 1.807) is 0 Å². The fourth-order valence-corrected chi connectivity index (χ4v) is 6.23. The number of rotatable bonds is 11. The summed E-state index contributed by atoms with van der Waals surface area (Å²) in [5, 5.41) is 9.72. The van der Waals surface area contributed by atoms with Crippen molar-refractivity contribution >= 4 is 11.8 Å². The average molecular weight is 611 g/mol. The second kappa shape index (κ2) is 14.9. The Morgan fingerprint density at radius 3 is 1.80 bits per heavy atom. The summed E-state index contributed by atoms with van der Waals surface area (Å²) < 4.78 is 5.86. The van der Waals surface area contributed by atoms with Crippen LogP contribution in [0, 0.1) is 0 Å². The maximum Gasteiger partial charge on any atom is 0.341 e. The number of amidine groups is 1. The zero-order valence-corrected chi connectivity index (χ0v) is 25.6. The highest BCUT2D eigenvalue weighted by Crippen LogP contribution is 2.50. The number of aryl methyl sites for hydroxylation is 2. The van der Waals surface area contributed by atoms with E-state index in [-0.39, 0.29) is 26.6 Å². The molecule has 0 bridgehead atoms. The van der Waals surface area contributed by atoms with Gasteiger partial charge in [-0.25, -0.2) is 9.79 Å². The predicted molar refractivity (Wildman–Crippen MR) is 185 cm³/mol. The molecule has 234 valence electrons. The standard InChI is InChI=1S/C40H38N2O3.CH4/c1-2-45-39(44)40(36-16-10-5-11-17-36)37(34-24-20-31(21-25-34)19-18-30-12-6-3-7-13-30)42(28-32-14-8-4-9-15-32)38(41-40)35-26-22-33(29-43)23-27-35;/h3-17,20-27,37,43H,2,18-19,28-29H2,1H3;1H4/t37-,40-;/m1./s1. The molecule has 0 aliphatic carbocycles. The van der Waals surface area contributed by atoms with E-state index in [9.17, 15) is 9.90 Å². The Hall–Kier alpha value is -5.00. The monoisotopic (exact) mass is 610 g/mol. The molecule has 0 radical (unpaired) electrons. The molecule has 0 saturated heterocycles. The summed E-state index contributed by atoms with van der Waals surface area (Å²) in [6, 6.07) is 46.5. The number of hydrogen-bond donors (Lipinski definition) is 1. The van der Waals surface area contributed by atoms with E-state index in [4.69, 9.17) is 9.73 Å². The minimum atomic E-state index is -1.34. The molecule has 0 aromatic heterocycles. The third-order valence-electron chi connectivity index (χ3n) is 8.49. The molecule has 2 atom stereocenters. The van der Waals surface area contributed by atoms with Crippen LogP contribution in [0.4, 0.5) is 0 Å². The number of aliphatic hydroxyl groups excluding tert-OH is 1. The topological polar surface area (TPSA) is 62.1 Å². The molecule has 1 aliphatic rings. The third-order valence-corrected chi connectivity index (χ3v) is 8.49. The molecule has 1 heterocycles. The molecule has 5 nitrogen and oxygen atoms in total. The number of nitrogens with zero attached hydrogens (tertiary/aromatic N) is 2. The summed E-state index contributed by atoms with van der Waals surface area (Å²) in [7, 11) is 0. The first-order valence-corrected chi connectivity index (χ1v) is 15.6. The van der Waals surface area contributed by atoms with Crippen LogP contribution >= 0.6 is 0 Å². The number of esters is 1. The quantitative estimate of drug-likeness (QED) is 0.154. The fraction of sp³-hybridized carbons (Fsp3) is 0.220. The van der Waals surface area contributed by atoms with Crippen molar-refractivity contribution < 1.29 is 14.6 Å². The predicted octanol–water partition coefficient (Wildman–Crippen LogP) is 8.06. The molecule has 5 aromatic carbocycles. The molecule has 6 rings (SSSR count). The number of aliphatic imine (C=N–C) groups is 1. The summed E-state index contributed by atoms with van der Waals surface area (Å²) in [5.41, 5.74) is 5.75. The Morgan fingerprint density at radius 1 is 0.717 bits per heavy atom. The minimum absolute atomic E-state index is 0. The summed E-state index contributed by atoms with van der Waals surface area (Å²) in [4.78, 5) is 22.0. The van der Waals surface area contributed by atoms with Crippen molar-refractivity contribution in [2.24, 2.45) is 4.99 Å². The molecule has 5 aromatic rings. The van der Waals surface area contributed by atoms with Gasteiger partial charge in [0, 0.05) is 12.1 Å². The number of hydrogen-bond acceptors (Lipinski definition) is 5. The zero-order chi connectivity index (χ0) is 31.1. The average Bonchev–Trinajstić information content (AvgIpc) is 3.44. The van der Waals surface area contributed by atoms with Gasteiger partial charge in [-0.05, 0) is 53.1 Å². The number of carbonyl (C=O) groups is 1. The molecule has 0 spiro atoms. The number of carbonyl (C=O) groups excluding carboxylic acids is 1. The van der Waals surface area contributed by atoms with Gasteiger partial charge < -0.3 is 14.7 Å². The van der Waals surface area contributed by atoms with E-state index in [1.807, 2.05) is 85.8 Å². The van der Waals surface area contributed by atoms with Crippen LogP contribution in [0.25, 0.3) is 0 Å². The molecule has 5 heteroatoms. The van der Waals surface area contributed by atoms with Gasteiger partial charge in [0.2, 0.25) is 5.54 Å². The molecule has 0 unspecified atom stereocenters. The van der Waals surface area contributed by atoms with Crippen LogP contribution in [0.15, 0.2) is 145 Å². The Balaban J connectivity index is 0.00000417. The van der Waals surface area contributed by atoms with E-state index >= 15 is 0 Å². The van der Waals surface area contributed by atoms with Crippen molar-refractivity contribution in [2.45, 2.75) is 51.9 Å². The second-order valence-electron chi connectivity index (χ2n) is 11.4. The summed E-state index contributed by atoms with van der Waals surface area (Å²) in [6.07, 6.45) is 1.88. The lowest BCUT2D eigenvalue weighted by Gasteiger charge is -2.37. The van der Waals surface area contributed by atoms with Gasteiger partial charge in [-0.15, -0.1) is 0 Å². The first-order valence-electron chi connectivity index (χ1n) is 15.6. The Kier molecular flexibility index (Phi) is 10.5. The molecule has 1 N–H and O–H groups in total. The van der Waals surface area contributed by atoms with Gasteiger partial charge in [0.1, 0.15) is 5.84 Å². The Morgan fingerprint density at radius 2 is 1.24 bits per heavy atom. The van der Waals surface area contributed by atoms with E-state index in [0.29, 0.717) is 12.4 Å². The fourth-order valence-electron chi connectivity index (χ4n) is 6.23. The van der Waals surface area contributed by atoms with Crippen LogP contribution in [0.1, 0.15) is 59.3 Å². The van der Waals surface area contributed by atoms with Crippen LogP contribution in [-0.4, -0.2) is 28.4 Å². The van der Waals surface area contributed by atoms with Crippen molar-refractivity contribution in [1.82, 2.24) is 4.90 Å². The molecule has 0 fully saturated rings. The van der Waals surface area contributed by atoms with Crippen molar-refractivity contribution in [1.29, 1.82) is 0 Å². The molecule has 1 aliphatic heterocycles. The van der Waals surface area contributed by atoms with Crippen molar-refractivity contribution in [3.05, 3.63) is 178 Å². The van der Waals surface area contributed by atoms with Gasteiger partial charge >= 0.3 is 5.97 Å². The summed E-state index contributed by atoms with van der Waals surface area (Å²) in [5.74, 6) is 0.327. The van der Waals surface area contributed by atoms with Crippen LogP contribution < -0.4 is 0 Å². The van der Waals surface area contributed by atoms with Crippen LogP contribution in [0.5, 0.6) is 0 Å². The molecule has 46 heavy (non-hydrogen) atoms. The molecular weight excluding hydrogens is 568 g/mol. The third kappa shape index (κ3) is 6.65. The maximum atomic E-state index is 14.4. The molecule has 0 amide bonds. The van der Waals surface area contributed by atoms with E-state index in [2.05, 4.69) is 65.6 Å². The lowest BCUT2D eigenvalue weighted by atomic mass is 9.79. The first-order chi connectivity index (χ1) is 22.1. The Bertz CT molecular complexity index is 1720. The van der Waals surface area contributed by atoms with Crippen molar-refractivity contribution in [3.8, 4) is 0 Å². The second-order valence-corrected chi connectivity index (χ2v) is 11.4. The van der Waals surface area contributed by atoms with Crippen LogP contribution in [0.2, 0.25) is 0 Å². The molecule has 0 saturated carbocycles. The Labute approximate surface area is 272 Å². The SMILES string of the molecule is C.CCOC(=O)[C@]1(c2ccccc2)N=C(c2ccc(CO)cc2)N(Cc2ccccc2)[C@@H]1c1ccc(CCc2ccccc2)cc1. The smallest absolute Gasteiger partial charge is 0.341 e. The van der Waals surface area contributed by atoms with Gasteiger partial charge in [-0.1, -0.05) is 147 Å². The largest absolute Gasteiger partial charge is 0.464 e. The minimum Gasteiger partial charge on any atom is -0.464 e. The van der Waals surface area contributed by atoms with Crippen LogP contribution in [0.3, 0.4) is 0 Å². The first kappa shape index (κ1) is 32.4. The lowest BCUT2D eigenvalue weighted by molar-refractivity contribution is -0.151. The summed E-state index contributed by atoms with van der Waals surface area (Å²) >= 11 is 0. The van der Waals surface area contributed by atoms with Gasteiger partial charge in [-0.2, -0.15) is 0 Å². The van der Waals surface area contributed by atoms with Gasteiger partial charge in [0.15, 0.2) is 0 Å². The maximum absolute atomic E-state index is 14.4. The molecular formula is C41H42N2O3. The highest BCUT2D eigenvalue weighted by atomic mass is 16.5. The highest BCUT2D eigenvalue weighted by Gasteiger charge is 2.57. The number of benzene rings is 5. The van der Waals surface area contributed by atoms with E-state index < -0.39 is 11.6 Å². The van der Waals surface area contributed by atoms with Crippen molar-refractivity contribution in [3.63, 3.8) is 0 Å².